The highest BCUT2D eigenvalue weighted by Gasteiger charge is 2.51. The smallest absolute Gasteiger partial charge is 0.271 e. The van der Waals surface area contributed by atoms with Crippen molar-refractivity contribution in [3.05, 3.63) is 66.2 Å². The van der Waals surface area contributed by atoms with Crippen LogP contribution in [-0.2, 0) is 4.79 Å². The lowest BCUT2D eigenvalue weighted by Crippen LogP contribution is -2.61. The van der Waals surface area contributed by atoms with Gasteiger partial charge in [0.1, 0.15) is 11.8 Å². The fourth-order valence-electron chi connectivity index (χ4n) is 4.08. The maximum absolute atomic E-state index is 13.4. The number of β-lactam (4-membered cyclic amide) rings is 1. The molecule has 0 N–H and O–H groups in total. The first-order chi connectivity index (χ1) is 16.6. The van der Waals surface area contributed by atoms with Gasteiger partial charge in [-0.15, -0.1) is 0 Å². The number of hydrogen-bond acceptors (Lipinski definition) is 7. The predicted octanol–water partition coefficient (Wildman–Crippen LogP) is 4.27. The van der Waals surface area contributed by atoms with E-state index >= 15 is 0 Å². The van der Waals surface area contributed by atoms with E-state index in [2.05, 4.69) is 0 Å². The average molecular weight is 466 g/mol. The summed E-state index contributed by atoms with van der Waals surface area (Å²) in [5, 5.41) is 0. The zero-order chi connectivity index (χ0) is 24.2. The third kappa shape index (κ3) is 4.03. The van der Waals surface area contributed by atoms with Crippen LogP contribution in [0.3, 0.4) is 0 Å². The van der Waals surface area contributed by atoms with Gasteiger partial charge in [-0.25, -0.2) is 0 Å². The van der Waals surface area contributed by atoms with Crippen LogP contribution in [0.5, 0.6) is 34.5 Å². The molecule has 1 fully saturated rings. The van der Waals surface area contributed by atoms with Crippen molar-refractivity contribution in [1.82, 2.24) is 0 Å². The highest BCUT2D eigenvalue weighted by atomic mass is 16.5. The van der Waals surface area contributed by atoms with Gasteiger partial charge in [-0.2, -0.15) is 0 Å². The largest absolute Gasteiger partial charge is 0.493 e. The van der Waals surface area contributed by atoms with Gasteiger partial charge in [0.25, 0.3) is 5.91 Å². The molecule has 0 unspecified atom stereocenters. The molecule has 0 saturated carbocycles. The molecule has 1 heterocycles. The van der Waals surface area contributed by atoms with E-state index in [4.69, 9.17) is 28.4 Å². The molecule has 8 heteroatoms. The van der Waals surface area contributed by atoms with E-state index in [9.17, 15) is 4.79 Å². The standard InChI is InChI=1S/C26H27NO7/c1-29-19-12-11-16(13-20(19)30-2)23-25(34-18-9-7-6-8-10-18)26(28)27(23)17-14-21(31-3)24(33-5)22(15-17)32-4/h6-15,23,25H,1-5H3/t23-,25+/m1/s1. The number of nitrogens with zero attached hydrogens (tertiary/aromatic N) is 1. The Morgan fingerprint density at radius 2 is 1.29 bits per heavy atom. The molecule has 1 aliphatic heterocycles. The van der Waals surface area contributed by atoms with Crippen LogP contribution in [0, 0.1) is 0 Å². The third-order valence-electron chi connectivity index (χ3n) is 5.73. The van der Waals surface area contributed by atoms with Crippen LogP contribution in [0.4, 0.5) is 5.69 Å². The van der Waals surface area contributed by atoms with Crippen LogP contribution in [0.25, 0.3) is 0 Å². The van der Waals surface area contributed by atoms with E-state index in [1.807, 2.05) is 48.5 Å². The molecule has 3 aromatic carbocycles. The van der Waals surface area contributed by atoms with E-state index < -0.39 is 12.1 Å². The Bertz CT molecular complexity index is 1140. The number of methoxy groups -OCH3 is 5. The number of anilines is 1. The van der Waals surface area contributed by atoms with Crippen molar-refractivity contribution in [1.29, 1.82) is 0 Å². The van der Waals surface area contributed by atoms with Gasteiger partial charge < -0.3 is 28.4 Å². The average Bonchev–Trinajstić information content (AvgIpc) is 2.89. The minimum Gasteiger partial charge on any atom is -0.493 e. The van der Waals surface area contributed by atoms with Gasteiger partial charge in [0.2, 0.25) is 11.9 Å². The Morgan fingerprint density at radius 1 is 0.676 bits per heavy atom. The van der Waals surface area contributed by atoms with Crippen LogP contribution in [0.15, 0.2) is 60.7 Å². The first kappa shape index (κ1) is 23.1. The monoisotopic (exact) mass is 465 g/mol. The lowest BCUT2D eigenvalue weighted by Gasteiger charge is -2.46. The molecule has 8 nitrogen and oxygen atoms in total. The molecule has 1 saturated heterocycles. The highest BCUT2D eigenvalue weighted by molar-refractivity contribution is 6.05. The molecular weight excluding hydrogens is 438 g/mol. The number of amides is 1. The molecule has 0 aromatic heterocycles. The SMILES string of the molecule is COc1ccc([C@@H]2[C@H](Oc3ccccc3)C(=O)N2c2cc(OC)c(OC)c(OC)c2)cc1OC. The Hall–Kier alpha value is -4.07. The first-order valence-electron chi connectivity index (χ1n) is 10.6. The Labute approximate surface area is 198 Å². The third-order valence-corrected chi connectivity index (χ3v) is 5.73. The molecule has 0 bridgehead atoms. The van der Waals surface area contributed by atoms with Crippen molar-refractivity contribution in [3.63, 3.8) is 0 Å². The van der Waals surface area contributed by atoms with Crippen LogP contribution >= 0.6 is 0 Å². The number of para-hydroxylation sites is 1. The normalized spacial score (nSPS) is 17.0. The van der Waals surface area contributed by atoms with Crippen molar-refractivity contribution < 1.29 is 33.2 Å². The minimum atomic E-state index is -0.736. The second-order valence-corrected chi connectivity index (χ2v) is 7.50. The van der Waals surface area contributed by atoms with Gasteiger partial charge in [-0.05, 0) is 29.8 Å². The fourth-order valence-corrected chi connectivity index (χ4v) is 4.08. The number of ether oxygens (including phenoxy) is 6. The zero-order valence-electron chi connectivity index (χ0n) is 19.7. The molecule has 0 aliphatic carbocycles. The van der Waals surface area contributed by atoms with Crippen molar-refractivity contribution in [3.8, 4) is 34.5 Å². The second kappa shape index (κ2) is 9.82. The lowest BCUT2D eigenvalue weighted by atomic mass is 9.89. The van der Waals surface area contributed by atoms with E-state index in [1.165, 1.54) is 21.3 Å². The number of carbonyl (C=O) groups excluding carboxylic acids is 1. The molecule has 0 spiro atoms. The first-order valence-corrected chi connectivity index (χ1v) is 10.6. The molecule has 178 valence electrons. The van der Waals surface area contributed by atoms with Gasteiger partial charge in [-0.3, -0.25) is 9.69 Å². The number of benzene rings is 3. The Kier molecular flexibility index (Phi) is 6.67. The molecule has 1 amide bonds. The molecule has 4 rings (SSSR count). The number of hydrogen-bond donors (Lipinski definition) is 0. The topological polar surface area (TPSA) is 75.7 Å². The van der Waals surface area contributed by atoms with Gasteiger partial charge in [0.15, 0.2) is 23.0 Å². The molecule has 1 aliphatic rings. The Morgan fingerprint density at radius 3 is 1.85 bits per heavy atom. The quantitative estimate of drug-likeness (QED) is 0.437. The maximum Gasteiger partial charge on any atom is 0.271 e. The van der Waals surface area contributed by atoms with Gasteiger partial charge in [-0.1, -0.05) is 24.3 Å². The summed E-state index contributed by atoms with van der Waals surface area (Å²) in [7, 11) is 7.75. The van der Waals surface area contributed by atoms with E-state index in [1.54, 1.807) is 31.3 Å². The molecule has 2 atom stereocenters. The van der Waals surface area contributed by atoms with Crippen LogP contribution in [0.2, 0.25) is 0 Å². The minimum absolute atomic E-state index is 0.196. The van der Waals surface area contributed by atoms with Crippen molar-refractivity contribution in [2.75, 3.05) is 40.4 Å². The van der Waals surface area contributed by atoms with E-state index in [0.717, 1.165) is 5.56 Å². The lowest BCUT2D eigenvalue weighted by molar-refractivity contribution is -0.135. The zero-order valence-corrected chi connectivity index (χ0v) is 19.7. The summed E-state index contributed by atoms with van der Waals surface area (Å²) in [5.41, 5.74) is 1.42. The molecule has 34 heavy (non-hydrogen) atoms. The summed E-state index contributed by atoms with van der Waals surface area (Å²) in [6.07, 6.45) is -0.736. The molecule has 3 aromatic rings. The van der Waals surface area contributed by atoms with E-state index in [-0.39, 0.29) is 5.91 Å². The van der Waals surface area contributed by atoms with Crippen molar-refractivity contribution in [2.45, 2.75) is 12.1 Å². The maximum atomic E-state index is 13.4. The highest BCUT2D eigenvalue weighted by Crippen LogP contribution is 2.48. The fraction of sp³-hybridized carbons (Fsp3) is 0.269. The number of carbonyl (C=O) groups is 1. The second-order valence-electron chi connectivity index (χ2n) is 7.50. The van der Waals surface area contributed by atoms with Crippen molar-refractivity contribution >= 4 is 11.6 Å². The van der Waals surface area contributed by atoms with Gasteiger partial charge >= 0.3 is 0 Å². The summed E-state index contributed by atoms with van der Waals surface area (Å²) in [6, 6.07) is 17.9. The number of rotatable bonds is 9. The summed E-state index contributed by atoms with van der Waals surface area (Å²) in [4.78, 5) is 15.1. The van der Waals surface area contributed by atoms with Crippen LogP contribution in [-0.4, -0.2) is 47.6 Å². The summed E-state index contributed by atoms with van der Waals surface area (Å²) in [5.74, 6) is 2.90. The summed E-state index contributed by atoms with van der Waals surface area (Å²) < 4.78 is 33.4. The summed E-state index contributed by atoms with van der Waals surface area (Å²) in [6.45, 7) is 0. The van der Waals surface area contributed by atoms with Crippen LogP contribution in [0.1, 0.15) is 11.6 Å². The van der Waals surface area contributed by atoms with Crippen LogP contribution < -0.4 is 33.3 Å². The van der Waals surface area contributed by atoms with Crippen molar-refractivity contribution in [2.24, 2.45) is 0 Å². The van der Waals surface area contributed by atoms with E-state index in [0.29, 0.717) is 40.2 Å². The van der Waals surface area contributed by atoms with Gasteiger partial charge in [0, 0.05) is 12.1 Å². The Balaban J connectivity index is 1.79. The molecule has 0 radical (unpaired) electrons. The van der Waals surface area contributed by atoms with Gasteiger partial charge in [0.05, 0.1) is 41.2 Å². The molecular formula is C26H27NO7. The summed E-state index contributed by atoms with van der Waals surface area (Å²) >= 11 is 0. The predicted molar refractivity (Wildman–Crippen MR) is 127 cm³/mol.